The van der Waals surface area contributed by atoms with Crippen molar-refractivity contribution in [1.82, 2.24) is 15.1 Å². The number of hydrogen-bond acceptors (Lipinski definition) is 4. The summed E-state index contributed by atoms with van der Waals surface area (Å²) >= 11 is 1.67. The molecule has 1 aromatic rings. The van der Waals surface area contributed by atoms with Crippen LogP contribution < -0.4 is 5.32 Å². The highest BCUT2D eigenvalue weighted by Gasteiger charge is 2.13. The number of aromatic carboxylic acids is 1. The van der Waals surface area contributed by atoms with Crippen LogP contribution in [0.25, 0.3) is 0 Å². The van der Waals surface area contributed by atoms with Crippen LogP contribution in [-0.2, 0) is 13.6 Å². The Labute approximate surface area is 105 Å². The van der Waals surface area contributed by atoms with E-state index in [1.807, 2.05) is 0 Å². The van der Waals surface area contributed by atoms with Crippen LogP contribution in [-0.4, -0.2) is 38.9 Å². The molecule has 0 aliphatic rings. The normalized spacial score (nSPS) is 10.1. The minimum absolute atomic E-state index is 0.247. The van der Waals surface area contributed by atoms with E-state index in [-0.39, 0.29) is 5.56 Å². The fourth-order valence-electron chi connectivity index (χ4n) is 1.33. The van der Waals surface area contributed by atoms with E-state index in [1.54, 1.807) is 23.5 Å². The molecule has 0 unspecified atom stereocenters. The maximum absolute atomic E-state index is 10.9. The Morgan fingerprint density at radius 1 is 1.76 bits per heavy atom. The molecule has 0 saturated heterocycles. The van der Waals surface area contributed by atoms with Gasteiger partial charge in [-0.1, -0.05) is 5.92 Å². The van der Waals surface area contributed by atoms with E-state index >= 15 is 0 Å². The van der Waals surface area contributed by atoms with Crippen molar-refractivity contribution in [2.45, 2.75) is 6.54 Å². The van der Waals surface area contributed by atoms with Crippen molar-refractivity contribution in [3.8, 4) is 12.3 Å². The third-order valence-corrected chi connectivity index (χ3v) is 3.06. The summed E-state index contributed by atoms with van der Waals surface area (Å²) in [5, 5.41) is 16.0. The van der Waals surface area contributed by atoms with Crippen molar-refractivity contribution < 1.29 is 9.90 Å². The van der Waals surface area contributed by atoms with Crippen molar-refractivity contribution in [3.05, 3.63) is 17.5 Å². The molecule has 1 rings (SSSR count). The first-order valence-corrected chi connectivity index (χ1v) is 6.28. The zero-order chi connectivity index (χ0) is 12.7. The molecule has 0 saturated carbocycles. The standard InChI is InChI=1S/C11H15N3O2S/c1-3-5-17-6-4-12-8-10-9(11(15)16)7-13-14(10)2/h1,7,12H,4-6,8H2,2H3,(H,15,16). The first-order chi connectivity index (χ1) is 8.16. The van der Waals surface area contributed by atoms with Gasteiger partial charge in [0.15, 0.2) is 0 Å². The lowest BCUT2D eigenvalue weighted by Crippen LogP contribution is -2.20. The number of nitrogens with zero attached hydrogens (tertiary/aromatic N) is 2. The average molecular weight is 253 g/mol. The molecular weight excluding hydrogens is 238 g/mol. The van der Waals surface area contributed by atoms with Crippen molar-refractivity contribution in [3.63, 3.8) is 0 Å². The molecule has 5 nitrogen and oxygen atoms in total. The zero-order valence-electron chi connectivity index (χ0n) is 9.64. The van der Waals surface area contributed by atoms with E-state index in [4.69, 9.17) is 11.5 Å². The van der Waals surface area contributed by atoms with Crippen molar-refractivity contribution in [1.29, 1.82) is 0 Å². The molecule has 1 aromatic heterocycles. The minimum Gasteiger partial charge on any atom is -0.478 e. The number of aryl methyl sites for hydroxylation is 1. The molecule has 0 aliphatic carbocycles. The summed E-state index contributed by atoms with van der Waals surface area (Å²) in [7, 11) is 1.73. The number of thioether (sulfide) groups is 1. The molecule has 17 heavy (non-hydrogen) atoms. The highest BCUT2D eigenvalue weighted by atomic mass is 32.2. The van der Waals surface area contributed by atoms with E-state index in [2.05, 4.69) is 16.3 Å². The van der Waals surface area contributed by atoms with Gasteiger partial charge in [-0.05, 0) is 0 Å². The maximum Gasteiger partial charge on any atom is 0.339 e. The number of carbonyl (C=O) groups is 1. The van der Waals surface area contributed by atoms with Crippen LogP contribution in [0.5, 0.6) is 0 Å². The van der Waals surface area contributed by atoms with Crippen LogP contribution in [0.2, 0.25) is 0 Å². The monoisotopic (exact) mass is 253 g/mol. The summed E-state index contributed by atoms with van der Waals surface area (Å²) in [6.07, 6.45) is 6.49. The third-order valence-electron chi connectivity index (χ3n) is 2.19. The number of hydrogen-bond donors (Lipinski definition) is 2. The second-order valence-corrected chi connectivity index (χ2v) is 4.47. The van der Waals surface area contributed by atoms with Gasteiger partial charge in [0.1, 0.15) is 5.56 Å². The van der Waals surface area contributed by atoms with Gasteiger partial charge in [0.25, 0.3) is 0 Å². The van der Waals surface area contributed by atoms with Crippen molar-refractivity contribution >= 4 is 17.7 Å². The molecule has 0 aliphatic heterocycles. The van der Waals surface area contributed by atoms with Gasteiger partial charge in [-0.15, -0.1) is 18.2 Å². The molecule has 2 N–H and O–H groups in total. The van der Waals surface area contributed by atoms with E-state index in [0.29, 0.717) is 18.0 Å². The highest BCUT2D eigenvalue weighted by molar-refractivity contribution is 7.99. The Morgan fingerprint density at radius 3 is 3.18 bits per heavy atom. The lowest BCUT2D eigenvalue weighted by atomic mass is 10.2. The molecule has 0 bridgehead atoms. The van der Waals surface area contributed by atoms with Gasteiger partial charge in [-0.25, -0.2) is 4.79 Å². The van der Waals surface area contributed by atoms with Crippen LogP contribution in [0.4, 0.5) is 0 Å². The quantitative estimate of drug-likeness (QED) is 0.549. The summed E-state index contributed by atoms with van der Waals surface area (Å²) in [6.45, 7) is 1.28. The number of carboxylic acids is 1. The summed E-state index contributed by atoms with van der Waals surface area (Å²) in [6, 6.07) is 0. The second-order valence-electron chi connectivity index (χ2n) is 3.37. The Kier molecular flexibility index (Phi) is 5.60. The Balaban J connectivity index is 2.39. The molecule has 0 radical (unpaired) electrons. The Morgan fingerprint density at radius 2 is 2.53 bits per heavy atom. The van der Waals surface area contributed by atoms with Gasteiger partial charge in [-0.2, -0.15) is 5.10 Å². The van der Waals surface area contributed by atoms with Gasteiger partial charge in [-0.3, -0.25) is 4.68 Å². The summed E-state index contributed by atoms with van der Waals surface area (Å²) in [4.78, 5) is 10.9. The van der Waals surface area contributed by atoms with Gasteiger partial charge >= 0.3 is 5.97 Å². The van der Waals surface area contributed by atoms with Crippen molar-refractivity contribution in [2.24, 2.45) is 7.05 Å². The van der Waals surface area contributed by atoms with E-state index < -0.39 is 5.97 Å². The SMILES string of the molecule is C#CCSCCNCc1c(C(=O)O)cnn1C. The Hall–Kier alpha value is -1.45. The Bertz CT molecular complexity index is 423. The molecular formula is C11H15N3O2S. The van der Waals surface area contributed by atoms with Crippen LogP contribution in [0, 0.1) is 12.3 Å². The summed E-state index contributed by atoms with van der Waals surface area (Å²) in [5.41, 5.74) is 0.927. The first-order valence-electron chi connectivity index (χ1n) is 5.13. The fourth-order valence-corrected chi connectivity index (χ4v) is 1.88. The average Bonchev–Trinajstić information content (AvgIpc) is 2.65. The van der Waals surface area contributed by atoms with Crippen LogP contribution in [0.3, 0.4) is 0 Å². The summed E-state index contributed by atoms with van der Waals surface area (Å²) < 4.78 is 1.57. The van der Waals surface area contributed by atoms with E-state index in [9.17, 15) is 4.79 Å². The molecule has 0 amide bonds. The van der Waals surface area contributed by atoms with Gasteiger partial charge < -0.3 is 10.4 Å². The van der Waals surface area contributed by atoms with E-state index in [0.717, 1.165) is 12.3 Å². The molecule has 0 spiro atoms. The minimum atomic E-state index is -0.948. The number of rotatable bonds is 7. The van der Waals surface area contributed by atoms with E-state index in [1.165, 1.54) is 6.20 Å². The van der Waals surface area contributed by atoms with Crippen LogP contribution >= 0.6 is 11.8 Å². The molecule has 6 heteroatoms. The van der Waals surface area contributed by atoms with Gasteiger partial charge in [0.2, 0.25) is 0 Å². The van der Waals surface area contributed by atoms with Crippen LogP contribution in [0.15, 0.2) is 6.20 Å². The van der Waals surface area contributed by atoms with Gasteiger partial charge in [0.05, 0.1) is 17.6 Å². The number of carboxylic acid groups (broad SMARTS) is 1. The number of nitrogens with one attached hydrogen (secondary N) is 1. The predicted octanol–water partition coefficient (Wildman–Crippen LogP) is 0.574. The fraction of sp³-hybridized carbons (Fsp3) is 0.455. The molecule has 1 heterocycles. The topological polar surface area (TPSA) is 67.2 Å². The largest absolute Gasteiger partial charge is 0.478 e. The van der Waals surface area contributed by atoms with Crippen LogP contribution in [0.1, 0.15) is 16.1 Å². The second kappa shape index (κ2) is 6.99. The van der Waals surface area contributed by atoms with Gasteiger partial charge in [0, 0.05) is 25.9 Å². The predicted molar refractivity (Wildman–Crippen MR) is 68.0 cm³/mol. The lowest BCUT2D eigenvalue weighted by molar-refractivity contribution is 0.0695. The van der Waals surface area contributed by atoms with Crippen molar-refractivity contribution in [2.75, 3.05) is 18.1 Å². The maximum atomic E-state index is 10.9. The summed E-state index contributed by atoms with van der Waals surface area (Å²) in [5.74, 6) is 3.21. The number of terminal acetylenes is 1. The smallest absolute Gasteiger partial charge is 0.339 e. The highest BCUT2D eigenvalue weighted by Crippen LogP contribution is 2.07. The number of aromatic nitrogens is 2. The first kappa shape index (κ1) is 13.6. The zero-order valence-corrected chi connectivity index (χ0v) is 10.5. The molecule has 0 aromatic carbocycles. The molecule has 0 atom stereocenters. The molecule has 92 valence electrons. The molecule has 0 fully saturated rings. The lowest BCUT2D eigenvalue weighted by Gasteiger charge is -2.05. The third kappa shape index (κ3) is 4.13.